The van der Waals surface area contributed by atoms with Crippen molar-refractivity contribution in [1.82, 2.24) is 19.9 Å². The van der Waals surface area contributed by atoms with E-state index >= 15 is 0 Å². The van der Waals surface area contributed by atoms with Crippen LogP contribution in [0, 0.1) is 0 Å². The molecule has 0 saturated heterocycles. The Bertz CT molecular complexity index is 1020. The van der Waals surface area contributed by atoms with Crippen LogP contribution in [-0.4, -0.2) is 19.9 Å². The average Bonchev–Trinajstić information content (AvgIpc) is 3.04. The number of aryl methyl sites for hydroxylation is 2. The summed E-state index contributed by atoms with van der Waals surface area (Å²) < 4.78 is 6.49. The molecule has 1 aliphatic rings. The van der Waals surface area contributed by atoms with Crippen LogP contribution < -0.4 is 16.9 Å². The van der Waals surface area contributed by atoms with Crippen molar-refractivity contribution in [1.29, 1.82) is 0 Å². The van der Waals surface area contributed by atoms with E-state index in [1.54, 1.807) is 24.3 Å². The topological polar surface area (TPSA) is 120 Å². The Hall–Kier alpha value is -2.45. The van der Waals surface area contributed by atoms with Crippen molar-refractivity contribution in [3.05, 3.63) is 56.7 Å². The Labute approximate surface area is 148 Å². The van der Waals surface area contributed by atoms with E-state index in [1.165, 1.54) is 4.68 Å². The molecule has 2 heterocycles. The number of fused-ring (bicyclic) bond motifs is 1. The molecule has 2 aromatic heterocycles. The molecule has 0 radical (unpaired) electrons. The first kappa shape index (κ1) is 17.4. The zero-order valence-electron chi connectivity index (χ0n) is 13.4. The largest absolute Gasteiger partial charge is 0.339 e. The monoisotopic (exact) mass is 363 g/mol. The SMILES string of the molecule is Cl.NC1(c2noc(CCn3[nH]c(=O)c4ccccc4c3=O)n2)CCC1. The van der Waals surface area contributed by atoms with Crippen LogP contribution in [0.2, 0.25) is 0 Å². The summed E-state index contributed by atoms with van der Waals surface area (Å²) in [5.74, 6) is 0.922. The number of nitrogens with one attached hydrogen (secondary N) is 1. The minimum atomic E-state index is -0.476. The molecule has 0 aliphatic heterocycles. The maximum absolute atomic E-state index is 12.4. The van der Waals surface area contributed by atoms with Gasteiger partial charge in [0.1, 0.15) is 0 Å². The third-order valence-corrected chi connectivity index (χ3v) is 4.59. The normalized spacial score (nSPS) is 15.6. The van der Waals surface area contributed by atoms with Crippen molar-refractivity contribution >= 4 is 23.2 Å². The van der Waals surface area contributed by atoms with Gasteiger partial charge in [-0.1, -0.05) is 17.3 Å². The van der Waals surface area contributed by atoms with E-state index in [4.69, 9.17) is 10.3 Å². The quantitative estimate of drug-likeness (QED) is 0.715. The molecule has 1 saturated carbocycles. The summed E-state index contributed by atoms with van der Waals surface area (Å²) in [6.07, 6.45) is 3.11. The highest BCUT2D eigenvalue weighted by Gasteiger charge is 2.38. The van der Waals surface area contributed by atoms with Gasteiger partial charge in [0.15, 0.2) is 5.82 Å². The second kappa shape index (κ2) is 6.45. The number of aromatic amines is 1. The van der Waals surface area contributed by atoms with Crippen LogP contribution in [0.1, 0.15) is 31.0 Å². The summed E-state index contributed by atoms with van der Waals surface area (Å²) >= 11 is 0. The van der Waals surface area contributed by atoms with Gasteiger partial charge in [-0.2, -0.15) is 4.98 Å². The van der Waals surface area contributed by atoms with E-state index in [1.807, 2.05) is 0 Å². The van der Waals surface area contributed by atoms with Gasteiger partial charge in [0, 0.05) is 6.42 Å². The molecule has 9 heteroatoms. The molecule has 25 heavy (non-hydrogen) atoms. The van der Waals surface area contributed by atoms with Crippen LogP contribution in [-0.2, 0) is 18.5 Å². The molecule has 8 nitrogen and oxygen atoms in total. The standard InChI is InChI=1S/C16H17N5O3.ClH/c17-16(7-3-8-16)15-18-12(24-20-15)6-9-21-14(23)11-5-2-1-4-10(11)13(22)19-21;/h1-2,4-5H,3,6-9,17H2,(H,19,22);1H. The maximum Gasteiger partial charge on any atom is 0.273 e. The highest BCUT2D eigenvalue weighted by atomic mass is 35.5. The number of benzene rings is 1. The first-order valence-corrected chi connectivity index (χ1v) is 7.91. The van der Waals surface area contributed by atoms with Crippen LogP contribution in [0.4, 0.5) is 0 Å². The van der Waals surface area contributed by atoms with Crippen LogP contribution >= 0.6 is 12.4 Å². The fraction of sp³-hybridized carbons (Fsp3) is 0.375. The van der Waals surface area contributed by atoms with Crippen molar-refractivity contribution in [2.24, 2.45) is 5.73 Å². The predicted molar refractivity (Wildman–Crippen MR) is 93.8 cm³/mol. The van der Waals surface area contributed by atoms with Gasteiger partial charge in [0.2, 0.25) is 5.89 Å². The number of aromatic nitrogens is 4. The molecule has 0 unspecified atom stereocenters. The molecule has 0 bridgehead atoms. The minimum absolute atomic E-state index is 0. The summed E-state index contributed by atoms with van der Waals surface area (Å²) in [4.78, 5) is 28.8. The van der Waals surface area contributed by atoms with Gasteiger partial charge in [-0.3, -0.25) is 14.7 Å². The van der Waals surface area contributed by atoms with Crippen LogP contribution in [0.25, 0.3) is 10.8 Å². The average molecular weight is 364 g/mol. The van der Waals surface area contributed by atoms with Gasteiger partial charge >= 0.3 is 0 Å². The van der Waals surface area contributed by atoms with Crippen molar-refractivity contribution in [2.75, 3.05) is 0 Å². The first-order valence-electron chi connectivity index (χ1n) is 7.91. The van der Waals surface area contributed by atoms with E-state index in [9.17, 15) is 9.59 Å². The number of hydrogen-bond acceptors (Lipinski definition) is 6. The van der Waals surface area contributed by atoms with Crippen molar-refractivity contribution in [3.8, 4) is 0 Å². The van der Waals surface area contributed by atoms with E-state index < -0.39 is 5.54 Å². The fourth-order valence-corrected chi connectivity index (χ4v) is 2.95. The Kier molecular flexibility index (Phi) is 4.49. The maximum atomic E-state index is 12.4. The van der Waals surface area contributed by atoms with E-state index in [2.05, 4.69) is 15.2 Å². The molecular formula is C16H18ClN5O3. The Morgan fingerprint density at radius 3 is 2.64 bits per heavy atom. The van der Waals surface area contributed by atoms with Crippen LogP contribution in [0.3, 0.4) is 0 Å². The summed E-state index contributed by atoms with van der Waals surface area (Å²) in [6.45, 7) is 0.248. The number of hydrogen-bond donors (Lipinski definition) is 2. The predicted octanol–water partition coefficient (Wildman–Crippen LogP) is 1.08. The summed E-state index contributed by atoms with van der Waals surface area (Å²) in [7, 11) is 0. The molecule has 0 spiro atoms. The van der Waals surface area contributed by atoms with Crippen LogP contribution in [0.5, 0.6) is 0 Å². The molecule has 1 aliphatic carbocycles. The number of nitrogens with zero attached hydrogens (tertiary/aromatic N) is 3. The van der Waals surface area contributed by atoms with Gasteiger partial charge in [-0.05, 0) is 31.4 Å². The van der Waals surface area contributed by atoms with Gasteiger partial charge in [-0.25, -0.2) is 4.68 Å². The zero-order valence-corrected chi connectivity index (χ0v) is 14.2. The van der Waals surface area contributed by atoms with Gasteiger partial charge in [-0.15, -0.1) is 12.4 Å². The molecule has 3 N–H and O–H groups in total. The Morgan fingerprint density at radius 2 is 1.96 bits per heavy atom. The Balaban J connectivity index is 0.00000182. The molecule has 1 fully saturated rings. The molecule has 1 aromatic carbocycles. The minimum Gasteiger partial charge on any atom is -0.339 e. The van der Waals surface area contributed by atoms with Crippen molar-refractivity contribution in [2.45, 2.75) is 37.8 Å². The van der Waals surface area contributed by atoms with E-state index in [-0.39, 0.29) is 30.1 Å². The summed E-state index contributed by atoms with van der Waals surface area (Å²) in [6, 6.07) is 6.73. The fourth-order valence-electron chi connectivity index (χ4n) is 2.95. The number of rotatable bonds is 4. The molecule has 3 aromatic rings. The summed E-state index contributed by atoms with van der Waals surface area (Å²) in [5.41, 5.74) is 5.14. The lowest BCUT2D eigenvalue weighted by atomic mass is 9.77. The van der Waals surface area contributed by atoms with Gasteiger partial charge in [0.25, 0.3) is 11.1 Å². The van der Waals surface area contributed by atoms with Crippen LogP contribution in [0.15, 0.2) is 38.4 Å². The number of H-pyrrole nitrogens is 1. The third kappa shape index (κ3) is 2.98. The lowest BCUT2D eigenvalue weighted by Gasteiger charge is -2.34. The molecule has 0 amide bonds. The second-order valence-electron chi connectivity index (χ2n) is 6.21. The molecule has 132 valence electrons. The van der Waals surface area contributed by atoms with E-state index in [0.717, 1.165) is 19.3 Å². The highest BCUT2D eigenvalue weighted by molar-refractivity contribution is 5.85. The summed E-state index contributed by atoms with van der Waals surface area (Å²) in [5, 5.41) is 7.30. The lowest BCUT2D eigenvalue weighted by molar-refractivity contribution is 0.229. The van der Waals surface area contributed by atoms with Crippen molar-refractivity contribution < 1.29 is 4.52 Å². The smallest absolute Gasteiger partial charge is 0.273 e. The third-order valence-electron chi connectivity index (χ3n) is 4.59. The molecular weight excluding hydrogens is 346 g/mol. The second-order valence-corrected chi connectivity index (χ2v) is 6.21. The lowest BCUT2D eigenvalue weighted by Crippen LogP contribution is -2.44. The van der Waals surface area contributed by atoms with E-state index in [0.29, 0.717) is 28.9 Å². The highest BCUT2D eigenvalue weighted by Crippen LogP contribution is 2.36. The number of halogens is 1. The van der Waals surface area contributed by atoms with Crippen molar-refractivity contribution in [3.63, 3.8) is 0 Å². The van der Waals surface area contributed by atoms with Gasteiger partial charge < -0.3 is 10.3 Å². The molecule has 4 rings (SSSR count). The van der Waals surface area contributed by atoms with Gasteiger partial charge in [0.05, 0.1) is 22.9 Å². The zero-order chi connectivity index (χ0) is 16.7. The number of nitrogens with two attached hydrogens (primary N) is 1. The first-order chi connectivity index (χ1) is 11.6. The Morgan fingerprint density at radius 1 is 1.24 bits per heavy atom. The molecule has 0 atom stereocenters.